The summed E-state index contributed by atoms with van der Waals surface area (Å²) >= 11 is 3.63. The van der Waals surface area contributed by atoms with Gasteiger partial charge in [0.05, 0.1) is 11.0 Å². The van der Waals surface area contributed by atoms with Gasteiger partial charge in [-0.1, -0.05) is 6.92 Å². The van der Waals surface area contributed by atoms with Crippen molar-refractivity contribution in [2.45, 2.75) is 33.2 Å². The van der Waals surface area contributed by atoms with E-state index in [2.05, 4.69) is 64.6 Å². The summed E-state index contributed by atoms with van der Waals surface area (Å²) in [6.45, 7) is 6.49. The normalized spacial score (nSPS) is 11.5. The summed E-state index contributed by atoms with van der Waals surface area (Å²) in [6.07, 6.45) is 3.08. The number of halogens is 1. The number of hydrogen-bond acceptors (Lipinski definition) is 1. The second-order valence-electron chi connectivity index (χ2n) is 4.00. The molecule has 0 radical (unpaired) electrons. The maximum absolute atomic E-state index is 4.61. The molecule has 2 rings (SSSR count). The molecule has 3 heteroatoms. The molecule has 0 saturated heterocycles. The third kappa shape index (κ3) is 1.81. The van der Waals surface area contributed by atoms with Crippen molar-refractivity contribution in [3.63, 3.8) is 0 Å². The molecule has 0 aliphatic heterocycles. The smallest absolute Gasteiger partial charge is 0.0896 e. The first-order valence-corrected chi connectivity index (χ1v) is 6.08. The van der Waals surface area contributed by atoms with Crippen molar-refractivity contribution in [2.75, 3.05) is 0 Å². The Morgan fingerprint density at radius 1 is 1.47 bits per heavy atom. The Bertz CT molecular complexity index is 486. The fourth-order valence-corrected chi connectivity index (χ4v) is 2.46. The molecule has 0 amide bonds. The molecule has 0 unspecified atom stereocenters. The van der Waals surface area contributed by atoms with Crippen LogP contribution in [0.4, 0.5) is 0 Å². The van der Waals surface area contributed by atoms with Crippen LogP contribution in [0.5, 0.6) is 0 Å². The van der Waals surface area contributed by atoms with E-state index in [9.17, 15) is 0 Å². The number of fused-ring (bicyclic) bond motifs is 1. The number of pyridine rings is 1. The zero-order chi connectivity index (χ0) is 11.0. The summed E-state index contributed by atoms with van der Waals surface area (Å²) in [5.74, 6) is 0. The van der Waals surface area contributed by atoms with Crippen molar-refractivity contribution in [2.24, 2.45) is 0 Å². The molecule has 2 aromatic rings. The molecule has 0 fully saturated rings. The minimum absolute atomic E-state index is 0.466. The van der Waals surface area contributed by atoms with E-state index >= 15 is 0 Å². The highest BCUT2D eigenvalue weighted by Crippen LogP contribution is 2.27. The SMILES string of the molecule is CCc1cc(Br)c2c(ccn2C(C)C)n1. The van der Waals surface area contributed by atoms with Gasteiger partial charge in [0.2, 0.25) is 0 Å². The predicted octanol–water partition coefficient (Wildman–Crippen LogP) is 3.94. The van der Waals surface area contributed by atoms with Gasteiger partial charge in [0.1, 0.15) is 0 Å². The first-order chi connectivity index (χ1) is 7.13. The van der Waals surface area contributed by atoms with Gasteiger partial charge < -0.3 is 4.57 Å². The van der Waals surface area contributed by atoms with Crippen LogP contribution in [-0.2, 0) is 6.42 Å². The van der Waals surface area contributed by atoms with Crippen molar-refractivity contribution < 1.29 is 0 Å². The first-order valence-electron chi connectivity index (χ1n) is 5.29. The van der Waals surface area contributed by atoms with Gasteiger partial charge in [0, 0.05) is 22.4 Å². The second kappa shape index (κ2) is 3.97. The minimum Gasteiger partial charge on any atom is -0.343 e. The summed E-state index contributed by atoms with van der Waals surface area (Å²) in [6, 6.07) is 4.66. The van der Waals surface area contributed by atoms with Crippen LogP contribution >= 0.6 is 15.9 Å². The van der Waals surface area contributed by atoms with Crippen molar-refractivity contribution in [1.82, 2.24) is 9.55 Å². The van der Waals surface area contributed by atoms with E-state index in [1.54, 1.807) is 0 Å². The zero-order valence-electron chi connectivity index (χ0n) is 9.29. The van der Waals surface area contributed by atoms with Crippen molar-refractivity contribution in [3.8, 4) is 0 Å². The van der Waals surface area contributed by atoms with Crippen LogP contribution in [0.1, 0.15) is 32.5 Å². The Kier molecular flexibility index (Phi) is 2.83. The molecule has 80 valence electrons. The molecular weight excluding hydrogens is 252 g/mol. The minimum atomic E-state index is 0.466. The van der Waals surface area contributed by atoms with Gasteiger partial charge in [-0.15, -0.1) is 0 Å². The Hall–Kier alpha value is -0.830. The molecule has 0 aliphatic rings. The van der Waals surface area contributed by atoms with Crippen LogP contribution in [-0.4, -0.2) is 9.55 Å². The Morgan fingerprint density at radius 3 is 2.80 bits per heavy atom. The lowest BCUT2D eigenvalue weighted by atomic mass is 10.2. The highest BCUT2D eigenvalue weighted by atomic mass is 79.9. The fraction of sp³-hybridized carbons (Fsp3) is 0.417. The molecule has 2 aromatic heterocycles. The molecule has 0 atom stereocenters. The maximum atomic E-state index is 4.61. The Labute approximate surface area is 98.4 Å². The molecular formula is C12H15BrN2. The third-order valence-corrected chi connectivity index (χ3v) is 3.20. The number of aromatic nitrogens is 2. The predicted molar refractivity (Wildman–Crippen MR) is 67.2 cm³/mol. The summed E-state index contributed by atoms with van der Waals surface area (Å²) in [5, 5.41) is 0. The lowest BCUT2D eigenvalue weighted by Gasteiger charge is -2.10. The van der Waals surface area contributed by atoms with E-state index in [1.807, 2.05) is 0 Å². The highest BCUT2D eigenvalue weighted by Gasteiger charge is 2.09. The first kappa shape index (κ1) is 10.7. The van der Waals surface area contributed by atoms with Crippen molar-refractivity contribution in [1.29, 1.82) is 0 Å². The van der Waals surface area contributed by atoms with E-state index in [0.29, 0.717) is 6.04 Å². The largest absolute Gasteiger partial charge is 0.343 e. The van der Waals surface area contributed by atoms with E-state index in [4.69, 9.17) is 0 Å². The van der Waals surface area contributed by atoms with E-state index in [-0.39, 0.29) is 0 Å². The summed E-state index contributed by atoms with van der Waals surface area (Å²) in [5.41, 5.74) is 3.41. The Morgan fingerprint density at radius 2 is 2.20 bits per heavy atom. The number of hydrogen-bond donors (Lipinski definition) is 0. The van der Waals surface area contributed by atoms with Crippen LogP contribution in [0.2, 0.25) is 0 Å². The molecule has 2 heterocycles. The molecule has 0 saturated carbocycles. The molecule has 0 aromatic carbocycles. The monoisotopic (exact) mass is 266 g/mol. The summed E-state index contributed by atoms with van der Waals surface area (Å²) in [4.78, 5) is 4.61. The highest BCUT2D eigenvalue weighted by molar-refractivity contribution is 9.10. The van der Waals surface area contributed by atoms with Crippen LogP contribution in [0.25, 0.3) is 11.0 Å². The van der Waals surface area contributed by atoms with Gasteiger partial charge in [0.15, 0.2) is 0 Å². The van der Waals surface area contributed by atoms with Crippen molar-refractivity contribution >= 4 is 27.0 Å². The molecule has 0 bridgehead atoms. The van der Waals surface area contributed by atoms with Gasteiger partial charge in [-0.05, 0) is 48.3 Å². The standard InChI is InChI=1S/C12H15BrN2/c1-4-9-7-10(13)12-11(14-9)5-6-15(12)8(2)3/h5-8H,4H2,1-3H3. The third-order valence-electron chi connectivity index (χ3n) is 2.60. The van der Waals surface area contributed by atoms with Gasteiger partial charge in [-0.25, -0.2) is 0 Å². The van der Waals surface area contributed by atoms with Gasteiger partial charge >= 0.3 is 0 Å². The molecule has 15 heavy (non-hydrogen) atoms. The van der Waals surface area contributed by atoms with Crippen LogP contribution in [0.3, 0.4) is 0 Å². The molecule has 0 spiro atoms. The van der Waals surface area contributed by atoms with E-state index in [1.165, 1.54) is 5.52 Å². The van der Waals surface area contributed by atoms with Gasteiger partial charge in [0.25, 0.3) is 0 Å². The lowest BCUT2D eigenvalue weighted by Crippen LogP contribution is -1.99. The quantitative estimate of drug-likeness (QED) is 0.805. The number of rotatable bonds is 2. The molecule has 2 nitrogen and oxygen atoms in total. The number of nitrogens with zero attached hydrogens (tertiary/aromatic N) is 2. The lowest BCUT2D eigenvalue weighted by molar-refractivity contribution is 0.622. The molecule has 0 N–H and O–H groups in total. The summed E-state index contributed by atoms with van der Waals surface area (Å²) < 4.78 is 3.38. The van der Waals surface area contributed by atoms with Crippen LogP contribution in [0.15, 0.2) is 22.8 Å². The average molecular weight is 267 g/mol. The number of aryl methyl sites for hydroxylation is 1. The molecule has 0 aliphatic carbocycles. The van der Waals surface area contributed by atoms with E-state index < -0.39 is 0 Å². The maximum Gasteiger partial charge on any atom is 0.0896 e. The van der Waals surface area contributed by atoms with Crippen LogP contribution < -0.4 is 0 Å². The fourth-order valence-electron chi connectivity index (χ4n) is 1.79. The topological polar surface area (TPSA) is 17.8 Å². The van der Waals surface area contributed by atoms with Crippen LogP contribution in [0, 0.1) is 0 Å². The van der Waals surface area contributed by atoms with E-state index in [0.717, 1.165) is 22.1 Å². The van der Waals surface area contributed by atoms with Gasteiger partial charge in [-0.3, -0.25) is 4.98 Å². The van der Waals surface area contributed by atoms with Crippen molar-refractivity contribution in [3.05, 3.63) is 28.5 Å². The summed E-state index contributed by atoms with van der Waals surface area (Å²) in [7, 11) is 0. The average Bonchev–Trinajstić information content (AvgIpc) is 2.61. The Balaban J connectivity index is 2.71. The van der Waals surface area contributed by atoms with Gasteiger partial charge in [-0.2, -0.15) is 0 Å². The zero-order valence-corrected chi connectivity index (χ0v) is 10.9. The second-order valence-corrected chi connectivity index (χ2v) is 4.85.